The molecule has 2 aromatic rings. The number of hydrogen-bond donors (Lipinski definition) is 1. The van der Waals surface area contributed by atoms with Crippen LogP contribution in [0.4, 0.5) is 5.69 Å². The molecule has 0 atom stereocenters. The van der Waals surface area contributed by atoms with E-state index < -0.39 is 0 Å². The minimum atomic E-state index is -0.287. The van der Waals surface area contributed by atoms with E-state index in [0.717, 1.165) is 4.47 Å². The van der Waals surface area contributed by atoms with Gasteiger partial charge in [-0.25, -0.2) is 0 Å². The summed E-state index contributed by atoms with van der Waals surface area (Å²) in [7, 11) is 0. The first-order valence-electron chi connectivity index (χ1n) is 6.80. The Kier molecular flexibility index (Phi) is 6.50. The molecule has 2 aromatic carbocycles. The number of anilines is 1. The Hall–Kier alpha value is -1.98. The van der Waals surface area contributed by atoms with E-state index in [4.69, 9.17) is 21.1 Å². The fourth-order valence-electron chi connectivity index (χ4n) is 1.75. The summed E-state index contributed by atoms with van der Waals surface area (Å²) in [5, 5.41) is 3.17. The van der Waals surface area contributed by atoms with Crippen LogP contribution in [-0.2, 0) is 4.79 Å². The summed E-state index contributed by atoms with van der Waals surface area (Å²) in [6.07, 6.45) is 1.65. The second-order valence-electron chi connectivity index (χ2n) is 4.54. The molecule has 0 aliphatic rings. The van der Waals surface area contributed by atoms with Crippen molar-refractivity contribution in [3.63, 3.8) is 0 Å². The molecule has 0 radical (unpaired) electrons. The van der Waals surface area contributed by atoms with Crippen molar-refractivity contribution in [1.29, 1.82) is 0 Å². The number of rotatable bonds is 7. The molecule has 4 nitrogen and oxygen atoms in total. The van der Waals surface area contributed by atoms with Crippen LogP contribution in [0.15, 0.2) is 59.6 Å². The molecule has 0 saturated heterocycles. The van der Waals surface area contributed by atoms with Crippen LogP contribution in [0.1, 0.15) is 0 Å². The van der Waals surface area contributed by atoms with Crippen molar-refractivity contribution in [1.82, 2.24) is 0 Å². The van der Waals surface area contributed by atoms with E-state index in [1.165, 1.54) is 0 Å². The summed E-state index contributed by atoms with van der Waals surface area (Å²) >= 11 is 9.34. The van der Waals surface area contributed by atoms with Gasteiger partial charge in [0, 0.05) is 16.2 Å². The van der Waals surface area contributed by atoms with Crippen molar-refractivity contribution in [2.24, 2.45) is 0 Å². The van der Waals surface area contributed by atoms with E-state index in [1.807, 2.05) is 0 Å². The molecular weight excluding hydrogens is 382 g/mol. The van der Waals surface area contributed by atoms with Gasteiger partial charge in [-0.05, 0) is 30.3 Å². The normalized spacial score (nSPS) is 10.0. The Morgan fingerprint density at radius 2 is 2.09 bits per heavy atom. The molecule has 0 saturated carbocycles. The fourth-order valence-corrected chi connectivity index (χ4v) is 2.48. The molecule has 23 heavy (non-hydrogen) atoms. The lowest BCUT2D eigenvalue weighted by atomic mass is 10.3. The molecule has 0 aliphatic heterocycles. The molecule has 0 spiro atoms. The minimum absolute atomic E-state index is 0.140. The molecule has 0 bridgehead atoms. The molecule has 0 heterocycles. The zero-order valence-electron chi connectivity index (χ0n) is 12.2. The Labute approximate surface area is 148 Å². The summed E-state index contributed by atoms with van der Waals surface area (Å²) in [5.74, 6) is 0.817. The quantitative estimate of drug-likeness (QED) is 0.691. The molecule has 0 unspecified atom stereocenters. The van der Waals surface area contributed by atoms with Crippen molar-refractivity contribution < 1.29 is 14.3 Å². The van der Waals surface area contributed by atoms with E-state index in [0.29, 0.717) is 28.8 Å². The van der Waals surface area contributed by atoms with Crippen LogP contribution in [0.2, 0.25) is 5.02 Å². The first kappa shape index (κ1) is 17.4. The van der Waals surface area contributed by atoms with Crippen LogP contribution in [0.3, 0.4) is 0 Å². The van der Waals surface area contributed by atoms with Gasteiger partial charge in [0.1, 0.15) is 18.1 Å². The SMILES string of the molecule is C=CCOc1cccc(NC(=O)COc2ccc(Br)cc2Cl)c1. The van der Waals surface area contributed by atoms with Crippen molar-refractivity contribution in [3.8, 4) is 11.5 Å². The average Bonchev–Trinajstić information content (AvgIpc) is 2.52. The predicted octanol–water partition coefficient (Wildman–Crippen LogP) is 4.68. The molecule has 120 valence electrons. The number of halogens is 2. The lowest BCUT2D eigenvalue weighted by molar-refractivity contribution is -0.118. The van der Waals surface area contributed by atoms with Crippen LogP contribution >= 0.6 is 27.5 Å². The van der Waals surface area contributed by atoms with Gasteiger partial charge in [0.15, 0.2) is 6.61 Å². The first-order valence-corrected chi connectivity index (χ1v) is 7.97. The number of carbonyl (C=O) groups excluding carboxylic acids is 1. The second-order valence-corrected chi connectivity index (χ2v) is 5.86. The largest absolute Gasteiger partial charge is 0.489 e. The van der Waals surface area contributed by atoms with E-state index in [1.54, 1.807) is 48.5 Å². The van der Waals surface area contributed by atoms with Gasteiger partial charge in [-0.2, -0.15) is 0 Å². The molecule has 1 amide bonds. The first-order chi connectivity index (χ1) is 11.1. The van der Waals surface area contributed by atoms with Crippen molar-refractivity contribution in [3.05, 3.63) is 64.6 Å². The van der Waals surface area contributed by atoms with E-state index in [-0.39, 0.29) is 12.5 Å². The summed E-state index contributed by atoms with van der Waals surface area (Å²) in [6, 6.07) is 12.3. The topological polar surface area (TPSA) is 47.6 Å². The summed E-state index contributed by atoms with van der Waals surface area (Å²) < 4.78 is 11.7. The van der Waals surface area contributed by atoms with E-state index in [2.05, 4.69) is 27.8 Å². The molecule has 2 rings (SSSR count). The summed E-state index contributed by atoms with van der Waals surface area (Å²) in [6.45, 7) is 3.85. The highest BCUT2D eigenvalue weighted by Crippen LogP contribution is 2.27. The van der Waals surface area contributed by atoms with Gasteiger partial charge < -0.3 is 14.8 Å². The van der Waals surface area contributed by atoms with Gasteiger partial charge in [-0.3, -0.25) is 4.79 Å². The predicted molar refractivity (Wildman–Crippen MR) is 95.4 cm³/mol. The Balaban J connectivity index is 1.90. The average molecular weight is 397 g/mol. The Morgan fingerprint density at radius 3 is 2.83 bits per heavy atom. The highest BCUT2D eigenvalue weighted by Gasteiger charge is 2.07. The van der Waals surface area contributed by atoms with Gasteiger partial charge in [0.2, 0.25) is 0 Å². The summed E-state index contributed by atoms with van der Waals surface area (Å²) in [4.78, 5) is 11.9. The van der Waals surface area contributed by atoms with Gasteiger partial charge in [0.05, 0.1) is 5.02 Å². The molecule has 1 N–H and O–H groups in total. The van der Waals surface area contributed by atoms with Gasteiger partial charge in [-0.15, -0.1) is 0 Å². The van der Waals surface area contributed by atoms with Crippen LogP contribution in [0.25, 0.3) is 0 Å². The van der Waals surface area contributed by atoms with E-state index >= 15 is 0 Å². The number of hydrogen-bond acceptors (Lipinski definition) is 3. The number of ether oxygens (including phenoxy) is 2. The maximum absolute atomic E-state index is 11.9. The van der Waals surface area contributed by atoms with E-state index in [9.17, 15) is 4.79 Å². The van der Waals surface area contributed by atoms with Crippen molar-refractivity contribution >= 4 is 39.1 Å². The van der Waals surface area contributed by atoms with Gasteiger partial charge in [0.25, 0.3) is 5.91 Å². The van der Waals surface area contributed by atoms with Crippen LogP contribution in [-0.4, -0.2) is 19.1 Å². The molecule has 0 aliphatic carbocycles. The number of carbonyl (C=O) groups is 1. The van der Waals surface area contributed by atoms with Gasteiger partial charge in [-0.1, -0.05) is 46.3 Å². The zero-order valence-corrected chi connectivity index (χ0v) is 14.6. The second kappa shape index (κ2) is 8.60. The number of amides is 1. The monoisotopic (exact) mass is 395 g/mol. The molecule has 0 aromatic heterocycles. The van der Waals surface area contributed by atoms with Gasteiger partial charge >= 0.3 is 0 Å². The molecular formula is C17H15BrClNO3. The molecule has 6 heteroatoms. The smallest absolute Gasteiger partial charge is 0.262 e. The highest BCUT2D eigenvalue weighted by molar-refractivity contribution is 9.10. The third-order valence-corrected chi connectivity index (χ3v) is 3.53. The maximum Gasteiger partial charge on any atom is 0.262 e. The van der Waals surface area contributed by atoms with Crippen molar-refractivity contribution in [2.45, 2.75) is 0 Å². The van der Waals surface area contributed by atoms with Crippen LogP contribution in [0, 0.1) is 0 Å². The lowest BCUT2D eigenvalue weighted by Gasteiger charge is -2.10. The fraction of sp³-hybridized carbons (Fsp3) is 0.118. The minimum Gasteiger partial charge on any atom is -0.489 e. The third kappa shape index (κ3) is 5.62. The molecule has 0 fully saturated rings. The standard InChI is InChI=1S/C17H15BrClNO3/c1-2-8-22-14-5-3-4-13(10-14)20-17(21)11-23-16-7-6-12(18)9-15(16)19/h2-7,9-10H,1,8,11H2,(H,20,21). The Morgan fingerprint density at radius 1 is 1.26 bits per heavy atom. The summed E-state index contributed by atoms with van der Waals surface area (Å²) in [5.41, 5.74) is 0.627. The van der Waals surface area contributed by atoms with Crippen molar-refractivity contribution in [2.75, 3.05) is 18.5 Å². The third-order valence-electron chi connectivity index (χ3n) is 2.74. The number of benzene rings is 2. The maximum atomic E-state index is 11.9. The zero-order chi connectivity index (χ0) is 16.7. The number of nitrogens with one attached hydrogen (secondary N) is 1. The lowest BCUT2D eigenvalue weighted by Crippen LogP contribution is -2.20. The Bertz CT molecular complexity index is 706. The van der Waals surface area contributed by atoms with Crippen LogP contribution in [0.5, 0.6) is 11.5 Å². The highest BCUT2D eigenvalue weighted by atomic mass is 79.9. The van der Waals surface area contributed by atoms with Crippen LogP contribution < -0.4 is 14.8 Å².